The molecule has 742 valence electrons. The second-order valence-electron chi connectivity index (χ2n) is 42.4. The van der Waals surface area contributed by atoms with Crippen LogP contribution in [0.1, 0.15) is 227 Å². The fraction of sp³-hybridized carbons (Fsp3) is 0.824. The lowest BCUT2D eigenvalue weighted by atomic mass is 9.72. The number of carbonyl (C=O) groups is 13. The maximum atomic E-state index is 12.2. The number of nitrogens with zero attached hydrogens (tertiary/aromatic N) is 3. The molecule has 8 saturated carbocycles. The van der Waals surface area contributed by atoms with Gasteiger partial charge in [-0.1, -0.05) is 41.5 Å². The van der Waals surface area contributed by atoms with Crippen LogP contribution in [0.2, 0.25) is 0 Å². The van der Waals surface area contributed by atoms with Crippen LogP contribution in [0.3, 0.4) is 0 Å². The topological polar surface area (TPSA) is 553 Å². The molecule has 0 radical (unpaired) electrons. The quantitative estimate of drug-likeness (QED) is 0.0444. The van der Waals surface area contributed by atoms with E-state index in [1.807, 2.05) is 69.2 Å². The van der Waals surface area contributed by atoms with E-state index in [2.05, 4.69) is 18.2 Å². The van der Waals surface area contributed by atoms with Crippen LogP contribution >= 0.6 is 11.8 Å². The van der Waals surface area contributed by atoms with E-state index in [0.717, 1.165) is 19.3 Å². The number of rotatable bonds is 27. The van der Waals surface area contributed by atoms with Gasteiger partial charge in [-0.25, -0.2) is 19.2 Å². The normalized spacial score (nSPS) is 37.9. The number of hydrogen-bond donors (Lipinski definition) is 0. The average Bonchev–Trinajstić information content (AvgIpc) is 1.40. The van der Waals surface area contributed by atoms with Crippen LogP contribution in [0.25, 0.3) is 0 Å². The Morgan fingerprint density at radius 1 is 0.366 bits per heavy atom. The molecular weight excluding hydrogens is 1840 g/mol. The second kappa shape index (κ2) is 37.4. The Morgan fingerprint density at radius 3 is 1.14 bits per heavy atom. The number of thioether (sulfide) groups is 1. The Balaban J connectivity index is 0.000000136. The molecule has 0 spiro atoms. The average molecular weight is 1960 g/mol. The van der Waals surface area contributed by atoms with Crippen LogP contribution in [-0.2, 0) is 172 Å². The molecule has 18 fully saturated rings. The van der Waals surface area contributed by atoms with Gasteiger partial charge in [0.2, 0.25) is 0 Å². The summed E-state index contributed by atoms with van der Waals surface area (Å²) in [5, 5.41) is 26.2. The Bertz CT molecular complexity index is 4940. The highest BCUT2D eigenvalue weighted by molar-refractivity contribution is 8.03. The van der Waals surface area contributed by atoms with Crippen LogP contribution in [0, 0.1) is 136 Å². The van der Waals surface area contributed by atoms with Gasteiger partial charge in [-0.15, -0.1) is 11.8 Å². The van der Waals surface area contributed by atoms with E-state index >= 15 is 0 Å². The van der Waals surface area contributed by atoms with E-state index in [1.54, 1.807) is 55.4 Å². The molecule has 30 unspecified atom stereocenters. The zero-order valence-electron chi connectivity index (χ0n) is 78.6. The SMILES string of the molecule is CCC(C)(C)C(=O)OC1C2CC3C1OC(=O)C3(C#N)C2.CCC(C)(C)C(=O)OCC(=O)OC1C2CC3C(O2)C1OS3(=O)=O.CCC(C)(C)C(=O)OCC(=O)OC1C2CC3C(S2)C1OS3(=O)=O.CCC(C)(C)C(=O)OCC(=O)OC1C2CC3C1OC(=O)C3(C#N)C2.CCC(C)(C)C(=O)OCC(=O)OC1C2CC3C1OS(=O)(=O)C3C2.CCC(C)(C)C(=O)OCC1C2CC3C1OC(=O)C3(C#N)C2. The highest BCUT2D eigenvalue weighted by atomic mass is 32.2. The molecule has 8 aliphatic carbocycles. The molecule has 0 N–H and O–H groups in total. The van der Waals surface area contributed by atoms with Crippen molar-refractivity contribution in [2.24, 2.45) is 102 Å². The molecule has 12 bridgehead atoms. The summed E-state index contributed by atoms with van der Waals surface area (Å²) in [5.74, 6) is -6.39. The first-order chi connectivity index (χ1) is 62.4. The van der Waals surface area contributed by atoms with Gasteiger partial charge in [0.05, 0.1) is 73.9 Å². The first-order valence-corrected chi connectivity index (χ1v) is 51.6. The van der Waals surface area contributed by atoms with Crippen LogP contribution in [0.15, 0.2) is 0 Å². The summed E-state index contributed by atoms with van der Waals surface area (Å²) < 4.78 is 160. The molecule has 39 nitrogen and oxygen atoms in total. The maximum Gasteiger partial charge on any atom is 0.344 e. The summed E-state index contributed by atoms with van der Waals surface area (Å²) in [5.41, 5.74) is -6.60. The highest BCUT2D eigenvalue weighted by Crippen LogP contribution is 2.66. The largest absolute Gasteiger partial charge is 0.465 e. The summed E-state index contributed by atoms with van der Waals surface area (Å²) in [7, 11) is -10.7. The van der Waals surface area contributed by atoms with Crippen LogP contribution in [0.4, 0.5) is 0 Å². The monoisotopic (exact) mass is 1960 g/mol. The Labute approximate surface area is 783 Å². The first kappa shape index (κ1) is 103. The number of hydrogen-bond acceptors (Lipinski definition) is 40. The van der Waals surface area contributed by atoms with Gasteiger partial charge in [0, 0.05) is 52.6 Å². The Morgan fingerprint density at radius 2 is 0.709 bits per heavy atom. The fourth-order valence-electron chi connectivity index (χ4n) is 21.4. The minimum Gasteiger partial charge on any atom is -0.465 e. The van der Waals surface area contributed by atoms with Crippen molar-refractivity contribution in [3.05, 3.63) is 0 Å². The number of esters is 13. The lowest BCUT2D eigenvalue weighted by Crippen LogP contribution is -2.42. The summed E-state index contributed by atoms with van der Waals surface area (Å²) in [6, 6.07) is 6.44. The smallest absolute Gasteiger partial charge is 0.344 e. The van der Waals surface area contributed by atoms with E-state index in [1.165, 1.54) is 11.8 Å². The Hall–Kier alpha value is -8.38. The van der Waals surface area contributed by atoms with Gasteiger partial charge in [-0.05, 0) is 192 Å². The predicted octanol–water partition coefficient (Wildman–Crippen LogP) is 7.24. The number of carbonyl (C=O) groups excluding carboxylic acids is 13. The van der Waals surface area contributed by atoms with E-state index in [4.69, 9.17) is 78.9 Å². The van der Waals surface area contributed by atoms with Gasteiger partial charge in [0.25, 0.3) is 30.4 Å². The van der Waals surface area contributed by atoms with Crippen LogP contribution in [0.5, 0.6) is 0 Å². The molecule has 43 heteroatoms. The number of ether oxygens (including phenoxy) is 14. The third-order valence-electron chi connectivity index (χ3n) is 32.2. The third-order valence-corrected chi connectivity index (χ3v) is 39.2. The third kappa shape index (κ3) is 18.7. The molecule has 0 aromatic heterocycles. The van der Waals surface area contributed by atoms with Crippen molar-refractivity contribution in [1.29, 1.82) is 15.8 Å². The molecule has 30 atom stereocenters. The van der Waals surface area contributed by atoms with Gasteiger partial charge >= 0.3 is 77.6 Å². The van der Waals surface area contributed by atoms with Crippen molar-refractivity contribution in [1.82, 2.24) is 0 Å². The van der Waals surface area contributed by atoms with Crippen molar-refractivity contribution in [2.45, 2.75) is 333 Å². The summed E-state index contributed by atoms with van der Waals surface area (Å²) in [4.78, 5) is 155. The molecule has 0 amide bonds. The lowest BCUT2D eigenvalue weighted by Gasteiger charge is -2.30. The minimum absolute atomic E-state index is 0.0112. The van der Waals surface area contributed by atoms with E-state index < -0.39 is 248 Å². The van der Waals surface area contributed by atoms with Crippen molar-refractivity contribution in [3.8, 4) is 18.2 Å². The first-order valence-electron chi connectivity index (χ1n) is 46.2. The molecule has 0 aromatic carbocycles. The summed E-state index contributed by atoms with van der Waals surface area (Å²) >= 11 is 1.51. The van der Waals surface area contributed by atoms with Crippen molar-refractivity contribution >= 4 is 120 Å². The van der Waals surface area contributed by atoms with Gasteiger partial charge < -0.3 is 66.3 Å². The number of fused-ring (bicyclic) bond motifs is 6. The summed E-state index contributed by atoms with van der Waals surface area (Å²) in [6.45, 7) is 31.1. The van der Waals surface area contributed by atoms with Crippen molar-refractivity contribution < 1.29 is 166 Å². The maximum absolute atomic E-state index is 12.2. The van der Waals surface area contributed by atoms with E-state index in [-0.39, 0.29) is 100 Å². The zero-order chi connectivity index (χ0) is 98.8. The summed E-state index contributed by atoms with van der Waals surface area (Å²) in [6.07, 6.45) is 2.17. The molecule has 18 rings (SSSR count). The number of nitriles is 3. The zero-order valence-corrected chi connectivity index (χ0v) is 81.9. The lowest BCUT2D eigenvalue weighted by molar-refractivity contribution is -0.172. The van der Waals surface area contributed by atoms with Crippen molar-refractivity contribution in [3.63, 3.8) is 0 Å². The van der Waals surface area contributed by atoms with Crippen LogP contribution in [-0.4, -0.2) is 241 Å². The predicted molar refractivity (Wildman–Crippen MR) is 457 cm³/mol. The van der Waals surface area contributed by atoms with E-state index in [0.29, 0.717) is 83.7 Å². The molecule has 10 aliphatic heterocycles. The van der Waals surface area contributed by atoms with Crippen LogP contribution < -0.4 is 0 Å². The van der Waals surface area contributed by atoms with Gasteiger partial charge in [-0.3, -0.25) is 55.7 Å². The molecule has 10 saturated heterocycles. The molecule has 134 heavy (non-hydrogen) atoms. The molecule has 10 heterocycles. The highest BCUT2D eigenvalue weighted by Gasteiger charge is 2.76. The molecule has 18 aliphatic rings. The Kier molecular flexibility index (Phi) is 28.8. The standard InChI is InChI=1S/C17H21NO6.C16H21NO4.C15H19NO4.C15H22O7S.C14H20O8S.C14H20O7S2/c1-4-16(2,3)14(20)22-7-11(19)23-12-9-5-10-13(12)24-15(21)17(10,6-9)8-18;1-4-15(2,3)13(18)20-7-10-9-5-11-12(10)21-14(19)16(11,6-9)8-17;1-4-14(2,3)12(17)19-10-8-5-9-11(10)20-13(18)15(9,6-8)7-16;1-4-15(2,3)14(17)20-7-11(16)21-12-8-5-9-10(6-8)23(18,19)22-13(9)12;1-4-14(2,3)13(16)19-6-9(15)21-10-7-5-8-11(20-7)12(10)22-23(8,17)18;1-4-14(2,3)13(16)19-6-9(15)20-10-7-5-8-12(22-7)11(10)21-23(8,17)18/h9-10,12-13H,4-7H2,1-3H3;9-12H,4-7H2,1-3H3;8-11H,4-6H2,1-3H3;8-10,12-13H,4-7H2,1-3H3;2*7-8,10-12H,4-6H2,1-3H3. The second-order valence-corrected chi connectivity index (χ2v) is 49.2. The van der Waals surface area contributed by atoms with Crippen molar-refractivity contribution in [2.75, 3.05) is 33.0 Å². The molecular formula is C91H123N3O36S4. The molecule has 0 aromatic rings. The van der Waals surface area contributed by atoms with Gasteiger partial charge in [-0.2, -0.15) is 41.0 Å². The van der Waals surface area contributed by atoms with Gasteiger partial charge in [0.15, 0.2) is 48.8 Å². The fourth-order valence-corrected chi connectivity index (χ4v) is 29.1. The minimum atomic E-state index is -3.65. The van der Waals surface area contributed by atoms with Gasteiger partial charge in [0.1, 0.15) is 77.6 Å². The van der Waals surface area contributed by atoms with E-state index in [9.17, 15) is 103 Å².